The second kappa shape index (κ2) is 8.53. The zero-order valence-corrected chi connectivity index (χ0v) is 16.4. The van der Waals surface area contributed by atoms with Crippen LogP contribution in [-0.4, -0.2) is 28.7 Å². The molecule has 0 aliphatic rings. The number of benzene rings is 1. The average molecular weight is 406 g/mol. The summed E-state index contributed by atoms with van der Waals surface area (Å²) in [6.07, 6.45) is 3.73. The number of aromatic nitrogens is 2. The number of nitrogens with one attached hydrogen (secondary N) is 1. The van der Waals surface area contributed by atoms with Gasteiger partial charge in [0, 0.05) is 27.8 Å². The topological polar surface area (TPSA) is 64.1 Å². The summed E-state index contributed by atoms with van der Waals surface area (Å²) in [5, 5.41) is 6.60. The van der Waals surface area contributed by atoms with E-state index in [1.54, 1.807) is 23.2 Å². The Morgan fingerprint density at radius 3 is 3.04 bits per heavy atom. The Morgan fingerprint density at radius 1 is 1.42 bits per heavy atom. The van der Waals surface area contributed by atoms with Crippen LogP contribution in [0.4, 0.5) is 5.13 Å². The standard InChI is InChI=1S/C18H16ClN3O2S2/c1-3-6-20-18-22-15(10-26-18)17(23)24-9-12-7-11-4-5-13(25-2)8-14(11)21-16(12)19/h3-5,7-8,10H,1,6,9H2,2H3,(H,20,22). The number of halogens is 1. The smallest absolute Gasteiger partial charge is 0.358 e. The molecule has 0 saturated carbocycles. The lowest BCUT2D eigenvalue weighted by Crippen LogP contribution is -2.07. The number of thiazole rings is 1. The number of pyridine rings is 1. The molecule has 5 nitrogen and oxygen atoms in total. The molecule has 26 heavy (non-hydrogen) atoms. The Morgan fingerprint density at radius 2 is 2.27 bits per heavy atom. The van der Waals surface area contributed by atoms with Crippen LogP contribution in [0.3, 0.4) is 0 Å². The van der Waals surface area contributed by atoms with Gasteiger partial charge >= 0.3 is 5.97 Å². The van der Waals surface area contributed by atoms with E-state index in [9.17, 15) is 4.79 Å². The molecular formula is C18H16ClN3O2S2. The molecule has 1 N–H and O–H groups in total. The van der Waals surface area contributed by atoms with E-state index in [1.165, 1.54) is 11.3 Å². The van der Waals surface area contributed by atoms with Crippen molar-refractivity contribution in [2.24, 2.45) is 0 Å². The molecule has 0 aliphatic carbocycles. The Hall–Kier alpha value is -2.09. The first-order chi connectivity index (χ1) is 12.6. The molecule has 2 heterocycles. The lowest BCUT2D eigenvalue weighted by Gasteiger charge is -2.08. The summed E-state index contributed by atoms with van der Waals surface area (Å²) in [5.74, 6) is -0.498. The molecule has 3 aromatic rings. The van der Waals surface area contributed by atoms with E-state index in [4.69, 9.17) is 16.3 Å². The molecule has 3 rings (SSSR count). The molecule has 0 aliphatic heterocycles. The second-order valence-electron chi connectivity index (χ2n) is 5.28. The van der Waals surface area contributed by atoms with Crippen molar-refractivity contribution in [1.29, 1.82) is 0 Å². The molecular weight excluding hydrogens is 390 g/mol. The van der Waals surface area contributed by atoms with E-state index in [0.29, 0.717) is 22.4 Å². The maximum atomic E-state index is 12.2. The zero-order valence-electron chi connectivity index (χ0n) is 14.0. The van der Waals surface area contributed by atoms with E-state index in [2.05, 4.69) is 21.9 Å². The van der Waals surface area contributed by atoms with Crippen LogP contribution < -0.4 is 5.32 Å². The van der Waals surface area contributed by atoms with Crippen LogP contribution in [0.5, 0.6) is 0 Å². The van der Waals surface area contributed by atoms with Crippen LogP contribution >= 0.6 is 34.7 Å². The van der Waals surface area contributed by atoms with Gasteiger partial charge in [-0.2, -0.15) is 0 Å². The first kappa shape index (κ1) is 18.7. The zero-order chi connectivity index (χ0) is 18.5. The summed E-state index contributed by atoms with van der Waals surface area (Å²) in [5.41, 5.74) is 1.73. The molecule has 134 valence electrons. The van der Waals surface area contributed by atoms with Crippen LogP contribution in [0.15, 0.2) is 47.2 Å². The van der Waals surface area contributed by atoms with E-state index in [1.807, 2.05) is 30.5 Å². The van der Waals surface area contributed by atoms with Crippen molar-refractivity contribution in [3.05, 3.63) is 58.7 Å². The van der Waals surface area contributed by atoms with E-state index >= 15 is 0 Å². The molecule has 0 saturated heterocycles. The predicted octanol–water partition coefficient (Wildman–Crippen LogP) is 5.02. The normalized spacial score (nSPS) is 10.7. The second-order valence-corrected chi connectivity index (χ2v) is 7.38. The van der Waals surface area contributed by atoms with Gasteiger partial charge in [-0.15, -0.1) is 29.7 Å². The third-order valence-corrected chi connectivity index (χ3v) is 5.37. The van der Waals surface area contributed by atoms with Crippen molar-refractivity contribution < 1.29 is 9.53 Å². The number of nitrogens with zero attached hydrogens (tertiary/aromatic N) is 2. The lowest BCUT2D eigenvalue weighted by molar-refractivity contribution is 0.0467. The molecule has 0 fully saturated rings. The van der Waals surface area contributed by atoms with E-state index in [0.717, 1.165) is 15.8 Å². The highest BCUT2D eigenvalue weighted by Gasteiger charge is 2.14. The number of thioether (sulfide) groups is 1. The monoisotopic (exact) mass is 405 g/mol. The Kier molecular flexibility index (Phi) is 6.13. The van der Waals surface area contributed by atoms with Gasteiger partial charge in [-0.3, -0.25) is 0 Å². The molecule has 8 heteroatoms. The van der Waals surface area contributed by atoms with Crippen LogP contribution in [0.1, 0.15) is 16.1 Å². The summed E-state index contributed by atoms with van der Waals surface area (Å²) in [4.78, 5) is 21.9. The first-order valence-electron chi connectivity index (χ1n) is 7.71. The minimum atomic E-state index is -0.498. The van der Waals surface area contributed by atoms with Crippen molar-refractivity contribution in [3.63, 3.8) is 0 Å². The van der Waals surface area contributed by atoms with Crippen LogP contribution in [0.2, 0.25) is 5.15 Å². The summed E-state index contributed by atoms with van der Waals surface area (Å²) in [6.45, 7) is 4.24. The number of carbonyl (C=O) groups excluding carboxylic acids is 1. The Bertz CT molecular complexity index is 959. The molecule has 2 aromatic heterocycles. The van der Waals surface area contributed by atoms with Crippen LogP contribution in [0, 0.1) is 0 Å². The molecule has 0 spiro atoms. The van der Waals surface area contributed by atoms with Crippen molar-refractivity contribution in [2.45, 2.75) is 11.5 Å². The van der Waals surface area contributed by atoms with Crippen molar-refractivity contribution in [3.8, 4) is 0 Å². The molecule has 0 atom stereocenters. The number of hydrogen-bond acceptors (Lipinski definition) is 7. The number of carbonyl (C=O) groups is 1. The minimum Gasteiger partial charge on any atom is -0.456 e. The number of ether oxygens (including phenoxy) is 1. The number of fused-ring (bicyclic) bond motifs is 1. The van der Waals surface area contributed by atoms with Gasteiger partial charge in [-0.1, -0.05) is 23.7 Å². The van der Waals surface area contributed by atoms with Crippen molar-refractivity contribution in [2.75, 3.05) is 18.1 Å². The number of esters is 1. The number of hydrogen-bond donors (Lipinski definition) is 1. The predicted molar refractivity (Wildman–Crippen MR) is 108 cm³/mol. The maximum Gasteiger partial charge on any atom is 0.358 e. The molecule has 1 aromatic carbocycles. The van der Waals surface area contributed by atoms with Crippen LogP contribution in [0.25, 0.3) is 10.9 Å². The van der Waals surface area contributed by atoms with Gasteiger partial charge < -0.3 is 10.1 Å². The molecule has 0 amide bonds. The summed E-state index contributed by atoms with van der Waals surface area (Å²) in [7, 11) is 0. The van der Waals surface area contributed by atoms with E-state index < -0.39 is 5.97 Å². The Balaban J connectivity index is 1.70. The quantitative estimate of drug-likeness (QED) is 0.257. The van der Waals surface area contributed by atoms with Gasteiger partial charge in [0.15, 0.2) is 10.8 Å². The highest BCUT2D eigenvalue weighted by atomic mass is 35.5. The van der Waals surface area contributed by atoms with Crippen molar-refractivity contribution >= 4 is 56.7 Å². The van der Waals surface area contributed by atoms with Gasteiger partial charge in [-0.05, 0) is 24.5 Å². The fraction of sp³-hybridized carbons (Fsp3) is 0.167. The fourth-order valence-corrected chi connectivity index (χ4v) is 3.54. The summed E-state index contributed by atoms with van der Waals surface area (Å²) >= 11 is 9.23. The van der Waals surface area contributed by atoms with Gasteiger partial charge in [0.05, 0.1) is 5.52 Å². The highest BCUT2D eigenvalue weighted by molar-refractivity contribution is 7.98. The number of anilines is 1. The SMILES string of the molecule is C=CCNc1nc(C(=O)OCc2cc3ccc(SC)cc3nc2Cl)cs1. The summed E-state index contributed by atoms with van der Waals surface area (Å²) < 4.78 is 5.34. The fourth-order valence-electron chi connectivity index (χ4n) is 2.22. The number of rotatable bonds is 7. The van der Waals surface area contributed by atoms with Gasteiger partial charge in [0.2, 0.25) is 0 Å². The third-order valence-electron chi connectivity index (χ3n) is 3.52. The highest BCUT2D eigenvalue weighted by Crippen LogP contribution is 2.25. The molecule has 0 radical (unpaired) electrons. The van der Waals surface area contributed by atoms with Gasteiger partial charge in [0.25, 0.3) is 0 Å². The third kappa shape index (κ3) is 4.35. The van der Waals surface area contributed by atoms with Crippen LogP contribution in [-0.2, 0) is 11.3 Å². The van der Waals surface area contributed by atoms with E-state index in [-0.39, 0.29) is 12.3 Å². The average Bonchev–Trinajstić information content (AvgIpc) is 3.13. The summed E-state index contributed by atoms with van der Waals surface area (Å²) in [6, 6.07) is 7.87. The van der Waals surface area contributed by atoms with Gasteiger partial charge in [-0.25, -0.2) is 14.8 Å². The van der Waals surface area contributed by atoms with Crippen molar-refractivity contribution in [1.82, 2.24) is 9.97 Å². The maximum absolute atomic E-state index is 12.2. The largest absolute Gasteiger partial charge is 0.456 e. The molecule has 0 unspecified atom stereocenters. The van der Waals surface area contributed by atoms with Gasteiger partial charge in [0.1, 0.15) is 11.8 Å². The lowest BCUT2D eigenvalue weighted by atomic mass is 10.2. The first-order valence-corrected chi connectivity index (χ1v) is 10.2. The Labute approximate surface area is 164 Å². The molecule has 0 bridgehead atoms. The minimum absolute atomic E-state index is 0.0395.